The molecule has 0 bridgehead atoms. The molecule has 44 heavy (non-hydrogen) atoms. The quantitative estimate of drug-likeness (QED) is 0.115. The van der Waals surface area contributed by atoms with E-state index in [2.05, 4.69) is 16.0 Å². The van der Waals surface area contributed by atoms with E-state index in [4.69, 9.17) is 4.74 Å². The van der Waals surface area contributed by atoms with Gasteiger partial charge in [-0.1, -0.05) is 60.7 Å². The summed E-state index contributed by atoms with van der Waals surface area (Å²) in [4.78, 5) is 40.0. The summed E-state index contributed by atoms with van der Waals surface area (Å²) in [7, 11) is 1.58. The summed E-state index contributed by atoms with van der Waals surface area (Å²) in [5.41, 5.74) is 2.52. The number of methoxy groups -OCH3 is 1. The molecule has 3 N–H and O–H groups in total. The molecule has 0 saturated heterocycles. The fraction of sp³-hybridized carbons (Fsp3) is 0.0833. The Morgan fingerprint density at radius 3 is 2.09 bits per heavy atom. The van der Waals surface area contributed by atoms with Crippen molar-refractivity contribution >= 4 is 57.7 Å². The van der Waals surface area contributed by atoms with Crippen LogP contribution >= 0.6 is 11.8 Å². The predicted molar refractivity (Wildman–Crippen MR) is 178 cm³/mol. The minimum absolute atomic E-state index is 0.0847. The third-order valence-electron chi connectivity index (χ3n) is 6.77. The number of benzene rings is 5. The maximum Gasteiger partial charge on any atom is 0.272 e. The van der Waals surface area contributed by atoms with Crippen molar-refractivity contribution in [1.29, 1.82) is 0 Å². The fourth-order valence-corrected chi connectivity index (χ4v) is 5.26. The molecule has 7 nitrogen and oxygen atoms in total. The Morgan fingerprint density at radius 1 is 0.727 bits per heavy atom. The number of fused-ring (bicyclic) bond motifs is 1. The van der Waals surface area contributed by atoms with Crippen molar-refractivity contribution in [2.45, 2.75) is 17.1 Å². The Bertz CT molecular complexity index is 1800. The van der Waals surface area contributed by atoms with Gasteiger partial charge >= 0.3 is 0 Å². The molecule has 0 aromatic heterocycles. The highest BCUT2D eigenvalue weighted by Crippen LogP contribution is 2.27. The Balaban J connectivity index is 1.24. The van der Waals surface area contributed by atoms with Gasteiger partial charge in [-0.3, -0.25) is 14.4 Å². The molecule has 1 atom stereocenters. The Kier molecular flexibility index (Phi) is 9.74. The number of carbonyl (C=O) groups is 3. The second-order valence-corrected chi connectivity index (χ2v) is 11.4. The van der Waals surface area contributed by atoms with Gasteiger partial charge in [-0.25, -0.2) is 0 Å². The molecule has 0 radical (unpaired) electrons. The van der Waals surface area contributed by atoms with E-state index in [1.807, 2.05) is 67.6 Å². The van der Waals surface area contributed by atoms with Crippen molar-refractivity contribution < 1.29 is 19.1 Å². The first-order valence-corrected chi connectivity index (χ1v) is 14.9. The molecule has 0 aliphatic rings. The van der Waals surface area contributed by atoms with Crippen molar-refractivity contribution in [1.82, 2.24) is 5.32 Å². The molecular weight excluding hydrogens is 570 g/mol. The van der Waals surface area contributed by atoms with Crippen LogP contribution in [-0.4, -0.2) is 30.1 Å². The van der Waals surface area contributed by atoms with Crippen LogP contribution in [0.2, 0.25) is 0 Å². The summed E-state index contributed by atoms with van der Waals surface area (Å²) >= 11 is 1.42. The molecule has 0 aliphatic heterocycles. The average Bonchev–Trinajstić information content (AvgIpc) is 3.06. The van der Waals surface area contributed by atoms with Crippen molar-refractivity contribution in [3.05, 3.63) is 138 Å². The van der Waals surface area contributed by atoms with Gasteiger partial charge in [0.2, 0.25) is 5.91 Å². The van der Waals surface area contributed by atoms with Crippen LogP contribution in [0.3, 0.4) is 0 Å². The van der Waals surface area contributed by atoms with E-state index >= 15 is 0 Å². The standard InChI is InChI=1S/C36H31N3O4S/c1-24(34(40)38-30-15-14-26-8-6-7-11-28(26)23-30)44-32-20-16-29(17-21-32)37-36(42)33(22-25-12-18-31(43-2)19-13-25)39-35(41)27-9-4-3-5-10-27/h3-24H,1-2H3,(H,37,42)(H,38,40)(H,39,41)/b33-22-. The number of carbonyl (C=O) groups excluding carboxylic acids is 3. The van der Waals surface area contributed by atoms with Gasteiger partial charge < -0.3 is 20.7 Å². The third kappa shape index (κ3) is 7.93. The smallest absolute Gasteiger partial charge is 0.272 e. The van der Waals surface area contributed by atoms with Gasteiger partial charge in [0.25, 0.3) is 11.8 Å². The summed E-state index contributed by atoms with van der Waals surface area (Å²) in [6.07, 6.45) is 1.61. The van der Waals surface area contributed by atoms with E-state index in [0.29, 0.717) is 22.6 Å². The summed E-state index contributed by atoms with van der Waals surface area (Å²) in [5, 5.41) is 10.4. The van der Waals surface area contributed by atoms with Gasteiger partial charge in [-0.2, -0.15) is 0 Å². The second kappa shape index (κ2) is 14.2. The van der Waals surface area contributed by atoms with Gasteiger partial charge in [-0.05, 0) is 90.0 Å². The van der Waals surface area contributed by atoms with E-state index in [1.165, 1.54) is 11.8 Å². The lowest BCUT2D eigenvalue weighted by Gasteiger charge is -2.14. The fourth-order valence-electron chi connectivity index (χ4n) is 4.39. The molecule has 5 aromatic carbocycles. The lowest BCUT2D eigenvalue weighted by Crippen LogP contribution is -2.30. The maximum atomic E-state index is 13.3. The molecule has 220 valence electrons. The van der Waals surface area contributed by atoms with E-state index < -0.39 is 11.8 Å². The first-order valence-electron chi connectivity index (χ1n) is 14.0. The number of ether oxygens (including phenoxy) is 1. The first-order chi connectivity index (χ1) is 21.4. The van der Waals surface area contributed by atoms with E-state index in [1.54, 1.807) is 73.8 Å². The Hall–Kier alpha value is -5.34. The van der Waals surface area contributed by atoms with Crippen LogP contribution in [0, 0.1) is 0 Å². The van der Waals surface area contributed by atoms with Crippen molar-refractivity contribution in [2.24, 2.45) is 0 Å². The molecule has 0 heterocycles. The molecule has 0 fully saturated rings. The van der Waals surface area contributed by atoms with Crippen LogP contribution in [0.25, 0.3) is 16.8 Å². The van der Waals surface area contributed by atoms with Crippen LogP contribution < -0.4 is 20.7 Å². The number of amides is 3. The summed E-state index contributed by atoms with van der Waals surface area (Å²) in [6, 6.07) is 36.9. The van der Waals surface area contributed by atoms with Gasteiger partial charge in [0.05, 0.1) is 12.4 Å². The largest absolute Gasteiger partial charge is 0.497 e. The lowest BCUT2D eigenvalue weighted by molar-refractivity contribution is -0.115. The predicted octanol–water partition coefficient (Wildman–Crippen LogP) is 7.38. The van der Waals surface area contributed by atoms with E-state index in [9.17, 15) is 14.4 Å². The first kappa shape index (κ1) is 30.1. The van der Waals surface area contributed by atoms with Crippen molar-refractivity contribution in [3.63, 3.8) is 0 Å². The molecule has 3 amide bonds. The van der Waals surface area contributed by atoms with Gasteiger partial charge in [-0.15, -0.1) is 11.8 Å². The molecule has 5 aromatic rings. The monoisotopic (exact) mass is 601 g/mol. The van der Waals surface area contributed by atoms with Gasteiger partial charge in [0.1, 0.15) is 11.4 Å². The number of hydrogen-bond donors (Lipinski definition) is 3. The van der Waals surface area contributed by atoms with Crippen molar-refractivity contribution in [2.75, 3.05) is 17.7 Å². The van der Waals surface area contributed by atoms with E-state index in [0.717, 1.165) is 21.4 Å². The van der Waals surface area contributed by atoms with Crippen LogP contribution in [0.5, 0.6) is 5.75 Å². The third-order valence-corrected chi connectivity index (χ3v) is 7.88. The Labute approximate surface area is 260 Å². The molecule has 1 unspecified atom stereocenters. The summed E-state index contributed by atoms with van der Waals surface area (Å²) in [6.45, 7) is 1.85. The topological polar surface area (TPSA) is 96.5 Å². The number of anilines is 2. The highest BCUT2D eigenvalue weighted by molar-refractivity contribution is 8.00. The second-order valence-electron chi connectivity index (χ2n) is 9.94. The maximum absolute atomic E-state index is 13.3. The minimum atomic E-state index is -0.478. The van der Waals surface area contributed by atoms with Crippen LogP contribution in [0.4, 0.5) is 11.4 Å². The number of rotatable bonds is 10. The molecule has 5 rings (SSSR count). The number of thioether (sulfide) groups is 1. The van der Waals surface area contributed by atoms with E-state index in [-0.39, 0.29) is 16.9 Å². The highest BCUT2D eigenvalue weighted by Gasteiger charge is 2.17. The van der Waals surface area contributed by atoms with Crippen LogP contribution in [-0.2, 0) is 9.59 Å². The Morgan fingerprint density at radius 2 is 1.39 bits per heavy atom. The van der Waals surface area contributed by atoms with Gasteiger partial charge in [0, 0.05) is 21.8 Å². The van der Waals surface area contributed by atoms with Gasteiger partial charge in [0.15, 0.2) is 0 Å². The molecule has 0 saturated carbocycles. The minimum Gasteiger partial charge on any atom is -0.497 e. The number of hydrogen-bond acceptors (Lipinski definition) is 5. The van der Waals surface area contributed by atoms with Crippen molar-refractivity contribution in [3.8, 4) is 5.75 Å². The zero-order valence-electron chi connectivity index (χ0n) is 24.2. The molecule has 8 heteroatoms. The summed E-state index contributed by atoms with van der Waals surface area (Å²) in [5.74, 6) is -0.304. The number of nitrogens with one attached hydrogen (secondary N) is 3. The molecule has 0 spiro atoms. The van der Waals surface area contributed by atoms with Crippen LogP contribution in [0.15, 0.2) is 132 Å². The summed E-state index contributed by atoms with van der Waals surface area (Å²) < 4.78 is 5.22. The molecule has 0 aliphatic carbocycles. The zero-order chi connectivity index (χ0) is 30.9. The lowest BCUT2D eigenvalue weighted by atomic mass is 10.1. The SMILES string of the molecule is COc1ccc(/C=C(\NC(=O)c2ccccc2)C(=O)Nc2ccc(SC(C)C(=O)Nc3ccc4ccccc4c3)cc2)cc1. The van der Waals surface area contributed by atoms with Crippen LogP contribution in [0.1, 0.15) is 22.8 Å². The molecular formula is C36H31N3O4S. The average molecular weight is 602 g/mol. The normalized spacial score (nSPS) is 11.8. The highest BCUT2D eigenvalue weighted by atomic mass is 32.2. The zero-order valence-corrected chi connectivity index (χ0v) is 25.1.